The van der Waals surface area contributed by atoms with Gasteiger partial charge in [0.1, 0.15) is 6.04 Å². The molecular formula is C16H23NO3S. The number of aliphatic carboxylic acids is 1. The standard InChI is InChI=1S/C16H23NO3S/c1-12(2)8-9-21-11-15(18)17-14(16(19)20)10-13-6-4-3-5-7-13/h3-7,12,14H,8-11H2,1-2H3,(H,17,18)(H,19,20). The van der Waals surface area contributed by atoms with Crippen molar-refractivity contribution in [2.24, 2.45) is 5.92 Å². The monoisotopic (exact) mass is 309 g/mol. The van der Waals surface area contributed by atoms with Crippen molar-refractivity contribution in [3.63, 3.8) is 0 Å². The highest BCUT2D eigenvalue weighted by Crippen LogP contribution is 2.09. The van der Waals surface area contributed by atoms with Gasteiger partial charge in [0, 0.05) is 6.42 Å². The van der Waals surface area contributed by atoms with E-state index in [0.29, 0.717) is 18.1 Å². The van der Waals surface area contributed by atoms with Crippen molar-refractivity contribution in [3.8, 4) is 0 Å². The number of thioether (sulfide) groups is 1. The SMILES string of the molecule is CC(C)CCSCC(=O)NC(Cc1ccccc1)C(=O)O. The molecule has 1 aromatic carbocycles. The van der Waals surface area contributed by atoms with Crippen LogP contribution in [0.4, 0.5) is 0 Å². The molecule has 2 N–H and O–H groups in total. The Morgan fingerprint density at radius 3 is 2.48 bits per heavy atom. The number of amides is 1. The van der Waals surface area contributed by atoms with E-state index in [1.165, 1.54) is 0 Å². The fraction of sp³-hybridized carbons (Fsp3) is 0.500. The minimum atomic E-state index is -1.00. The zero-order valence-corrected chi connectivity index (χ0v) is 13.4. The second kappa shape index (κ2) is 9.45. The normalized spacial score (nSPS) is 12.1. The molecule has 0 saturated heterocycles. The summed E-state index contributed by atoms with van der Waals surface area (Å²) < 4.78 is 0. The topological polar surface area (TPSA) is 66.4 Å². The number of carboxylic acid groups (broad SMARTS) is 1. The lowest BCUT2D eigenvalue weighted by Gasteiger charge is -2.14. The van der Waals surface area contributed by atoms with Crippen LogP contribution in [0.1, 0.15) is 25.8 Å². The molecule has 0 aliphatic heterocycles. The largest absolute Gasteiger partial charge is 0.480 e. The van der Waals surface area contributed by atoms with Crippen molar-refractivity contribution in [2.45, 2.75) is 32.7 Å². The zero-order valence-electron chi connectivity index (χ0n) is 12.5. The lowest BCUT2D eigenvalue weighted by atomic mass is 10.1. The third-order valence-electron chi connectivity index (χ3n) is 2.99. The van der Waals surface area contributed by atoms with Crippen molar-refractivity contribution >= 4 is 23.6 Å². The fourth-order valence-corrected chi connectivity index (χ4v) is 2.82. The first-order valence-corrected chi connectivity index (χ1v) is 8.28. The summed E-state index contributed by atoms with van der Waals surface area (Å²) in [5.41, 5.74) is 0.901. The molecule has 0 aliphatic rings. The Labute approximate surface area is 130 Å². The minimum absolute atomic E-state index is 0.216. The van der Waals surface area contributed by atoms with E-state index >= 15 is 0 Å². The Bertz CT molecular complexity index is 448. The predicted molar refractivity (Wildman–Crippen MR) is 86.5 cm³/mol. The van der Waals surface area contributed by atoms with Gasteiger partial charge in [0.2, 0.25) is 5.91 Å². The van der Waals surface area contributed by atoms with E-state index in [4.69, 9.17) is 0 Å². The third-order valence-corrected chi connectivity index (χ3v) is 3.98. The summed E-state index contributed by atoms with van der Waals surface area (Å²) in [6.07, 6.45) is 1.36. The molecule has 0 spiro atoms. The van der Waals surface area contributed by atoms with E-state index < -0.39 is 12.0 Å². The lowest BCUT2D eigenvalue weighted by molar-refractivity contribution is -0.141. The van der Waals surface area contributed by atoms with Crippen LogP contribution in [-0.2, 0) is 16.0 Å². The van der Waals surface area contributed by atoms with Crippen LogP contribution in [0.5, 0.6) is 0 Å². The van der Waals surface area contributed by atoms with E-state index in [1.54, 1.807) is 11.8 Å². The van der Waals surface area contributed by atoms with Crippen LogP contribution in [0.2, 0.25) is 0 Å². The maximum absolute atomic E-state index is 11.8. The zero-order chi connectivity index (χ0) is 15.7. The number of benzene rings is 1. The Kier molecular flexibility index (Phi) is 7.90. The molecule has 1 amide bonds. The van der Waals surface area contributed by atoms with Crippen molar-refractivity contribution in [1.82, 2.24) is 5.32 Å². The first-order chi connectivity index (χ1) is 9.99. The third kappa shape index (κ3) is 7.75. The van der Waals surface area contributed by atoms with Crippen LogP contribution < -0.4 is 5.32 Å². The highest BCUT2D eigenvalue weighted by atomic mass is 32.2. The first-order valence-electron chi connectivity index (χ1n) is 7.13. The van der Waals surface area contributed by atoms with E-state index in [1.807, 2.05) is 30.3 Å². The summed E-state index contributed by atoms with van der Waals surface area (Å²) in [6.45, 7) is 4.28. The second-order valence-corrected chi connectivity index (χ2v) is 6.49. The quantitative estimate of drug-likeness (QED) is 0.688. The molecular weight excluding hydrogens is 286 g/mol. The van der Waals surface area contributed by atoms with Crippen molar-refractivity contribution in [1.29, 1.82) is 0 Å². The van der Waals surface area contributed by atoms with E-state index in [9.17, 15) is 14.7 Å². The predicted octanol–water partition coefficient (Wildman–Crippen LogP) is 2.58. The van der Waals surface area contributed by atoms with Crippen LogP contribution in [0.15, 0.2) is 30.3 Å². The summed E-state index contributed by atoms with van der Waals surface area (Å²) in [6, 6.07) is 8.45. The molecule has 5 heteroatoms. The van der Waals surface area contributed by atoms with Gasteiger partial charge < -0.3 is 10.4 Å². The maximum atomic E-state index is 11.8. The molecule has 0 aliphatic carbocycles. The molecule has 4 nitrogen and oxygen atoms in total. The number of hydrogen-bond donors (Lipinski definition) is 2. The molecule has 21 heavy (non-hydrogen) atoms. The van der Waals surface area contributed by atoms with Gasteiger partial charge in [0.25, 0.3) is 0 Å². The second-order valence-electron chi connectivity index (χ2n) is 5.38. The number of hydrogen-bond acceptors (Lipinski definition) is 3. The number of carbonyl (C=O) groups is 2. The molecule has 1 unspecified atom stereocenters. The summed E-state index contributed by atoms with van der Waals surface area (Å²) in [5.74, 6) is 0.629. The van der Waals surface area contributed by atoms with E-state index in [-0.39, 0.29) is 5.91 Å². The lowest BCUT2D eigenvalue weighted by Crippen LogP contribution is -2.43. The summed E-state index contributed by atoms with van der Waals surface area (Å²) >= 11 is 1.54. The number of rotatable bonds is 9. The van der Waals surface area contributed by atoms with Gasteiger partial charge in [-0.15, -0.1) is 0 Å². The highest BCUT2D eigenvalue weighted by Gasteiger charge is 2.20. The van der Waals surface area contributed by atoms with Gasteiger partial charge in [-0.05, 0) is 23.7 Å². The van der Waals surface area contributed by atoms with E-state index in [2.05, 4.69) is 19.2 Å². The Hall–Kier alpha value is -1.49. The molecule has 0 bridgehead atoms. The summed E-state index contributed by atoms with van der Waals surface area (Å²) in [5, 5.41) is 11.8. The van der Waals surface area contributed by atoms with Gasteiger partial charge in [-0.1, -0.05) is 44.2 Å². The van der Waals surface area contributed by atoms with Crippen LogP contribution in [0.25, 0.3) is 0 Å². The minimum Gasteiger partial charge on any atom is -0.480 e. The Morgan fingerprint density at radius 2 is 1.90 bits per heavy atom. The fourth-order valence-electron chi connectivity index (χ4n) is 1.77. The maximum Gasteiger partial charge on any atom is 0.326 e. The van der Waals surface area contributed by atoms with Gasteiger partial charge in [-0.25, -0.2) is 4.79 Å². The molecule has 1 atom stereocenters. The smallest absolute Gasteiger partial charge is 0.326 e. The summed E-state index contributed by atoms with van der Waals surface area (Å²) in [7, 11) is 0. The molecule has 0 radical (unpaired) electrons. The van der Waals surface area contributed by atoms with Crippen molar-refractivity contribution < 1.29 is 14.7 Å². The van der Waals surface area contributed by atoms with Gasteiger partial charge in [0.15, 0.2) is 0 Å². The van der Waals surface area contributed by atoms with Gasteiger partial charge in [0.05, 0.1) is 5.75 Å². The summed E-state index contributed by atoms with van der Waals surface area (Å²) in [4.78, 5) is 23.0. The molecule has 116 valence electrons. The van der Waals surface area contributed by atoms with Gasteiger partial charge in [-0.2, -0.15) is 11.8 Å². The van der Waals surface area contributed by atoms with Crippen LogP contribution in [0, 0.1) is 5.92 Å². The average molecular weight is 309 g/mol. The van der Waals surface area contributed by atoms with Gasteiger partial charge in [-0.3, -0.25) is 4.79 Å². The van der Waals surface area contributed by atoms with Crippen LogP contribution >= 0.6 is 11.8 Å². The number of carboxylic acids is 1. The number of carbonyl (C=O) groups excluding carboxylic acids is 1. The van der Waals surface area contributed by atoms with Crippen LogP contribution in [0.3, 0.4) is 0 Å². The van der Waals surface area contributed by atoms with E-state index in [0.717, 1.165) is 17.7 Å². The number of nitrogens with one attached hydrogen (secondary N) is 1. The Balaban J connectivity index is 2.40. The van der Waals surface area contributed by atoms with Gasteiger partial charge >= 0.3 is 5.97 Å². The van der Waals surface area contributed by atoms with Crippen molar-refractivity contribution in [3.05, 3.63) is 35.9 Å². The Morgan fingerprint density at radius 1 is 1.24 bits per heavy atom. The molecule has 0 aromatic heterocycles. The molecule has 0 saturated carbocycles. The average Bonchev–Trinajstić information content (AvgIpc) is 2.44. The molecule has 0 heterocycles. The molecule has 1 aromatic rings. The van der Waals surface area contributed by atoms with Crippen molar-refractivity contribution in [2.75, 3.05) is 11.5 Å². The molecule has 0 fully saturated rings. The molecule has 1 rings (SSSR count). The van der Waals surface area contributed by atoms with Crippen LogP contribution in [-0.4, -0.2) is 34.5 Å². The highest BCUT2D eigenvalue weighted by molar-refractivity contribution is 7.99. The first kappa shape index (κ1) is 17.6.